The Morgan fingerprint density at radius 2 is 2.11 bits per heavy atom. The maximum Gasteiger partial charge on any atom is 0.337 e. The molecule has 1 aliphatic carbocycles. The number of anilines is 1. The van der Waals surface area contributed by atoms with Gasteiger partial charge < -0.3 is 16.2 Å². The Kier molecular flexibility index (Phi) is 4.01. The summed E-state index contributed by atoms with van der Waals surface area (Å²) in [6.07, 6.45) is 4.07. The summed E-state index contributed by atoms with van der Waals surface area (Å²) in [5, 5.41) is 11.7. The minimum Gasteiger partial charge on any atom is -0.478 e. The van der Waals surface area contributed by atoms with Gasteiger partial charge in [0, 0.05) is 10.5 Å². The van der Waals surface area contributed by atoms with E-state index < -0.39 is 5.97 Å². The predicted octanol–water partition coefficient (Wildman–Crippen LogP) is 1.99. The van der Waals surface area contributed by atoms with Crippen molar-refractivity contribution in [2.45, 2.75) is 12.5 Å². The lowest BCUT2D eigenvalue weighted by Crippen LogP contribution is -2.24. The van der Waals surface area contributed by atoms with Crippen LogP contribution < -0.4 is 11.1 Å². The quantitative estimate of drug-likeness (QED) is 0.741. The number of hydrogen-bond acceptors (Lipinski definition) is 3. The number of carboxylic acid groups (broad SMARTS) is 1. The van der Waals surface area contributed by atoms with Gasteiger partial charge in [0.2, 0.25) is 5.91 Å². The number of nitrogens with one attached hydrogen (secondary N) is 1. The van der Waals surface area contributed by atoms with E-state index in [1.165, 1.54) is 6.07 Å². The summed E-state index contributed by atoms with van der Waals surface area (Å²) in [5.41, 5.74) is 6.03. The van der Waals surface area contributed by atoms with Crippen molar-refractivity contribution >= 4 is 33.5 Å². The number of hydrogen-bond donors (Lipinski definition) is 3. The zero-order chi connectivity index (χ0) is 14.0. The molecular formula is C13H13BrN2O3. The van der Waals surface area contributed by atoms with Gasteiger partial charge in [-0.3, -0.25) is 4.79 Å². The third kappa shape index (κ3) is 3.21. The van der Waals surface area contributed by atoms with Crippen molar-refractivity contribution in [2.24, 2.45) is 11.7 Å². The second kappa shape index (κ2) is 5.54. The number of carbonyl (C=O) groups excluding carboxylic acids is 1. The van der Waals surface area contributed by atoms with Gasteiger partial charge in [0.1, 0.15) is 0 Å². The van der Waals surface area contributed by atoms with E-state index in [1.807, 2.05) is 0 Å². The molecule has 19 heavy (non-hydrogen) atoms. The number of benzene rings is 1. The summed E-state index contributed by atoms with van der Waals surface area (Å²) in [6, 6.07) is 4.51. The van der Waals surface area contributed by atoms with E-state index in [1.54, 1.807) is 24.3 Å². The average Bonchev–Trinajstić information content (AvgIpc) is 2.75. The molecular weight excluding hydrogens is 312 g/mol. The molecule has 1 aliphatic rings. The Hall–Kier alpha value is -1.66. The SMILES string of the molecule is NC1C=CC(C(=O)Nc2cc(Br)ccc2C(=O)O)C1. The Balaban J connectivity index is 2.18. The predicted molar refractivity (Wildman–Crippen MR) is 75.0 cm³/mol. The normalized spacial score (nSPS) is 21.4. The molecule has 1 aromatic carbocycles. The largest absolute Gasteiger partial charge is 0.478 e. The van der Waals surface area contributed by atoms with Crippen LogP contribution in [0.15, 0.2) is 34.8 Å². The van der Waals surface area contributed by atoms with Gasteiger partial charge in [0.15, 0.2) is 0 Å². The molecule has 100 valence electrons. The van der Waals surface area contributed by atoms with E-state index in [4.69, 9.17) is 10.8 Å². The fourth-order valence-corrected chi connectivity index (χ4v) is 2.31. The van der Waals surface area contributed by atoms with Crippen LogP contribution in [0.3, 0.4) is 0 Å². The first-order valence-corrected chi connectivity index (χ1v) is 6.54. The molecule has 2 unspecified atom stereocenters. The lowest BCUT2D eigenvalue weighted by Gasteiger charge is -2.12. The Morgan fingerprint density at radius 1 is 1.37 bits per heavy atom. The van der Waals surface area contributed by atoms with Gasteiger partial charge in [-0.15, -0.1) is 0 Å². The molecule has 0 spiro atoms. The van der Waals surface area contributed by atoms with Crippen molar-refractivity contribution in [2.75, 3.05) is 5.32 Å². The fourth-order valence-electron chi connectivity index (χ4n) is 1.95. The van der Waals surface area contributed by atoms with E-state index in [9.17, 15) is 9.59 Å². The second-order valence-electron chi connectivity index (χ2n) is 4.38. The van der Waals surface area contributed by atoms with E-state index in [-0.39, 0.29) is 29.1 Å². The molecule has 0 fully saturated rings. The molecule has 0 bridgehead atoms. The summed E-state index contributed by atoms with van der Waals surface area (Å²) in [7, 11) is 0. The molecule has 2 rings (SSSR count). The van der Waals surface area contributed by atoms with Crippen molar-refractivity contribution in [3.8, 4) is 0 Å². The van der Waals surface area contributed by atoms with Crippen LogP contribution in [0, 0.1) is 5.92 Å². The van der Waals surface area contributed by atoms with E-state index >= 15 is 0 Å². The topological polar surface area (TPSA) is 92.4 Å². The fraction of sp³-hybridized carbons (Fsp3) is 0.231. The molecule has 0 aliphatic heterocycles. The Morgan fingerprint density at radius 3 is 2.68 bits per heavy atom. The van der Waals surface area contributed by atoms with Crippen LogP contribution in [0.25, 0.3) is 0 Å². The molecule has 2 atom stereocenters. The van der Waals surface area contributed by atoms with Crippen LogP contribution in [0.5, 0.6) is 0 Å². The number of aromatic carboxylic acids is 1. The molecule has 6 heteroatoms. The standard InChI is InChI=1S/C13H13BrN2O3/c14-8-2-4-10(13(18)19)11(6-8)16-12(17)7-1-3-9(15)5-7/h1-4,6-7,9H,5,15H2,(H,16,17)(H,18,19). The minimum atomic E-state index is -1.08. The summed E-state index contributed by atoms with van der Waals surface area (Å²) >= 11 is 3.25. The van der Waals surface area contributed by atoms with Crippen molar-refractivity contribution in [1.29, 1.82) is 0 Å². The molecule has 0 radical (unpaired) electrons. The van der Waals surface area contributed by atoms with Crippen molar-refractivity contribution in [3.63, 3.8) is 0 Å². The second-order valence-corrected chi connectivity index (χ2v) is 5.29. The number of halogens is 1. The third-order valence-corrected chi connectivity index (χ3v) is 3.42. The smallest absolute Gasteiger partial charge is 0.337 e. The zero-order valence-corrected chi connectivity index (χ0v) is 11.6. The zero-order valence-electron chi connectivity index (χ0n) is 9.97. The molecule has 4 N–H and O–H groups in total. The van der Waals surface area contributed by atoms with Crippen LogP contribution in [0.2, 0.25) is 0 Å². The molecule has 0 heterocycles. The molecule has 1 aromatic rings. The van der Waals surface area contributed by atoms with E-state index in [0.29, 0.717) is 10.9 Å². The minimum absolute atomic E-state index is 0.0582. The van der Waals surface area contributed by atoms with Crippen LogP contribution in [0.4, 0.5) is 5.69 Å². The number of nitrogens with two attached hydrogens (primary N) is 1. The van der Waals surface area contributed by atoms with E-state index in [0.717, 1.165) is 0 Å². The number of amides is 1. The van der Waals surface area contributed by atoms with Gasteiger partial charge in [-0.05, 0) is 24.6 Å². The molecule has 1 amide bonds. The first-order valence-electron chi connectivity index (χ1n) is 5.75. The molecule has 0 saturated carbocycles. The van der Waals surface area contributed by atoms with Crippen LogP contribution >= 0.6 is 15.9 Å². The highest BCUT2D eigenvalue weighted by Crippen LogP contribution is 2.24. The van der Waals surface area contributed by atoms with Crippen LogP contribution in [-0.2, 0) is 4.79 Å². The number of carbonyl (C=O) groups is 2. The Labute approximate surface area is 118 Å². The number of rotatable bonds is 3. The van der Waals surface area contributed by atoms with Gasteiger partial charge in [-0.2, -0.15) is 0 Å². The molecule has 0 saturated heterocycles. The lowest BCUT2D eigenvalue weighted by atomic mass is 10.1. The summed E-state index contributed by atoms with van der Waals surface area (Å²) < 4.78 is 0.700. The Bertz CT molecular complexity index is 557. The summed E-state index contributed by atoms with van der Waals surface area (Å²) in [4.78, 5) is 23.1. The highest BCUT2D eigenvalue weighted by molar-refractivity contribution is 9.10. The van der Waals surface area contributed by atoms with Crippen molar-refractivity contribution < 1.29 is 14.7 Å². The third-order valence-electron chi connectivity index (χ3n) is 2.92. The van der Waals surface area contributed by atoms with Gasteiger partial charge in [-0.1, -0.05) is 28.1 Å². The van der Waals surface area contributed by atoms with Gasteiger partial charge in [0.05, 0.1) is 17.2 Å². The lowest BCUT2D eigenvalue weighted by molar-refractivity contribution is -0.118. The highest BCUT2D eigenvalue weighted by atomic mass is 79.9. The molecule has 0 aromatic heterocycles. The summed E-state index contributed by atoms with van der Waals surface area (Å²) in [5.74, 6) is -1.64. The maximum atomic E-state index is 12.0. The monoisotopic (exact) mass is 324 g/mol. The molecule has 5 nitrogen and oxygen atoms in total. The van der Waals surface area contributed by atoms with Crippen molar-refractivity contribution in [3.05, 3.63) is 40.4 Å². The first kappa shape index (κ1) is 13.8. The van der Waals surface area contributed by atoms with E-state index in [2.05, 4.69) is 21.2 Å². The summed E-state index contributed by atoms with van der Waals surface area (Å²) in [6.45, 7) is 0. The van der Waals surface area contributed by atoms with Gasteiger partial charge in [0.25, 0.3) is 0 Å². The van der Waals surface area contributed by atoms with Crippen LogP contribution in [-0.4, -0.2) is 23.0 Å². The number of carboxylic acids is 1. The first-order chi connectivity index (χ1) is 8.97. The van der Waals surface area contributed by atoms with Crippen LogP contribution in [0.1, 0.15) is 16.8 Å². The van der Waals surface area contributed by atoms with Gasteiger partial charge in [-0.25, -0.2) is 4.79 Å². The average molecular weight is 325 g/mol. The van der Waals surface area contributed by atoms with Gasteiger partial charge >= 0.3 is 5.97 Å². The highest BCUT2D eigenvalue weighted by Gasteiger charge is 2.24. The van der Waals surface area contributed by atoms with Crippen molar-refractivity contribution in [1.82, 2.24) is 0 Å². The maximum absolute atomic E-state index is 12.0.